The van der Waals surface area contributed by atoms with Crippen LogP contribution in [0, 0.1) is 5.92 Å². The molecule has 1 heterocycles. The highest BCUT2D eigenvalue weighted by molar-refractivity contribution is 6.35. The van der Waals surface area contributed by atoms with E-state index in [1.165, 1.54) is 17.0 Å². The quantitative estimate of drug-likeness (QED) is 0.744. The van der Waals surface area contributed by atoms with Crippen molar-refractivity contribution in [3.05, 3.63) is 33.8 Å². The number of amides is 2. The maximum atomic E-state index is 12.1. The van der Waals surface area contributed by atoms with Gasteiger partial charge >= 0.3 is 0 Å². The minimum Gasteiger partial charge on any atom is -0.396 e. The van der Waals surface area contributed by atoms with E-state index < -0.39 is 12.0 Å². The molecule has 0 aromatic heterocycles. The van der Waals surface area contributed by atoms with Gasteiger partial charge in [-0.05, 0) is 24.6 Å². The van der Waals surface area contributed by atoms with Crippen LogP contribution in [0.1, 0.15) is 16.8 Å². The third-order valence-electron chi connectivity index (χ3n) is 3.85. The molecule has 0 saturated carbocycles. The molecule has 8 heteroatoms. The van der Waals surface area contributed by atoms with E-state index in [-0.39, 0.29) is 42.1 Å². The van der Waals surface area contributed by atoms with E-state index >= 15 is 0 Å². The van der Waals surface area contributed by atoms with Crippen LogP contribution in [0.25, 0.3) is 0 Å². The average Bonchev–Trinajstić information content (AvgIpc) is 2.55. The molecule has 1 aliphatic heterocycles. The molecule has 0 radical (unpaired) electrons. The van der Waals surface area contributed by atoms with E-state index in [1.807, 2.05) is 0 Å². The summed E-state index contributed by atoms with van der Waals surface area (Å²) in [5.41, 5.74) is 0.203. The highest BCUT2D eigenvalue weighted by atomic mass is 35.5. The number of benzene rings is 1. The molecule has 3 N–H and O–H groups in total. The Morgan fingerprint density at radius 2 is 2.09 bits per heavy atom. The fourth-order valence-corrected chi connectivity index (χ4v) is 2.84. The van der Waals surface area contributed by atoms with Crippen molar-refractivity contribution in [3.8, 4) is 0 Å². The van der Waals surface area contributed by atoms with Crippen molar-refractivity contribution in [1.82, 2.24) is 10.2 Å². The van der Waals surface area contributed by atoms with Gasteiger partial charge in [-0.25, -0.2) is 0 Å². The molecule has 2 amide bonds. The standard InChI is InChI=1S/C15H18Cl2N2O4/c16-10-1-2-12(17)11(5-10)15(23)18-6-14(22)19-4-3-13(21)9(7-19)8-20/h1-2,5,9,13,20-21H,3-4,6-8H2,(H,18,23)/t9-,13-/m0/s1. The summed E-state index contributed by atoms with van der Waals surface area (Å²) in [4.78, 5) is 25.7. The lowest BCUT2D eigenvalue weighted by molar-refractivity contribution is -0.134. The Kier molecular flexibility index (Phi) is 6.24. The van der Waals surface area contributed by atoms with Crippen LogP contribution in [0.4, 0.5) is 0 Å². The fraction of sp³-hybridized carbons (Fsp3) is 0.467. The van der Waals surface area contributed by atoms with Crippen molar-refractivity contribution in [2.75, 3.05) is 26.2 Å². The molecule has 6 nitrogen and oxygen atoms in total. The first kappa shape index (κ1) is 18.0. The summed E-state index contributed by atoms with van der Waals surface area (Å²) in [6.07, 6.45) is -0.200. The van der Waals surface area contributed by atoms with Gasteiger partial charge in [0.2, 0.25) is 5.91 Å². The lowest BCUT2D eigenvalue weighted by Gasteiger charge is -2.35. The summed E-state index contributed by atoms with van der Waals surface area (Å²) in [6.45, 7) is 0.292. The third kappa shape index (κ3) is 4.57. The van der Waals surface area contributed by atoms with E-state index in [9.17, 15) is 19.8 Å². The van der Waals surface area contributed by atoms with Crippen molar-refractivity contribution in [3.63, 3.8) is 0 Å². The lowest BCUT2D eigenvalue weighted by Crippen LogP contribution is -2.50. The zero-order valence-electron chi connectivity index (χ0n) is 12.3. The molecule has 126 valence electrons. The molecular formula is C15H18Cl2N2O4. The largest absolute Gasteiger partial charge is 0.396 e. The Bertz CT molecular complexity index is 597. The maximum Gasteiger partial charge on any atom is 0.253 e. The number of piperidine rings is 1. The average molecular weight is 361 g/mol. The van der Waals surface area contributed by atoms with E-state index in [4.69, 9.17) is 23.2 Å². The van der Waals surface area contributed by atoms with Crippen LogP contribution in [-0.4, -0.2) is 59.3 Å². The third-order valence-corrected chi connectivity index (χ3v) is 4.42. The van der Waals surface area contributed by atoms with Gasteiger partial charge in [0.1, 0.15) is 0 Å². The van der Waals surface area contributed by atoms with Crippen molar-refractivity contribution in [2.24, 2.45) is 5.92 Å². The van der Waals surface area contributed by atoms with Crippen molar-refractivity contribution < 1.29 is 19.8 Å². The molecule has 0 unspecified atom stereocenters. The Morgan fingerprint density at radius 3 is 2.78 bits per heavy atom. The van der Waals surface area contributed by atoms with Crippen LogP contribution in [0.2, 0.25) is 10.0 Å². The van der Waals surface area contributed by atoms with Crippen LogP contribution in [-0.2, 0) is 4.79 Å². The van der Waals surface area contributed by atoms with Gasteiger partial charge in [-0.2, -0.15) is 0 Å². The number of carbonyl (C=O) groups is 2. The minimum absolute atomic E-state index is 0.185. The molecule has 2 atom stereocenters. The first-order valence-electron chi connectivity index (χ1n) is 7.22. The number of rotatable bonds is 4. The Balaban J connectivity index is 1.91. The second-order valence-electron chi connectivity index (χ2n) is 5.45. The highest BCUT2D eigenvalue weighted by Gasteiger charge is 2.29. The van der Waals surface area contributed by atoms with E-state index in [0.717, 1.165) is 0 Å². The summed E-state index contributed by atoms with van der Waals surface area (Å²) in [6, 6.07) is 4.52. The van der Waals surface area contributed by atoms with E-state index in [1.54, 1.807) is 6.07 Å². The number of nitrogens with zero attached hydrogens (tertiary/aromatic N) is 1. The van der Waals surface area contributed by atoms with Gasteiger partial charge in [0.15, 0.2) is 0 Å². The predicted octanol–water partition coefficient (Wildman–Crippen LogP) is 0.925. The summed E-state index contributed by atoms with van der Waals surface area (Å²) >= 11 is 11.8. The van der Waals surface area contributed by atoms with Crippen LogP contribution in [0.15, 0.2) is 18.2 Å². The normalized spacial score (nSPS) is 21.1. The first-order valence-corrected chi connectivity index (χ1v) is 7.98. The number of likely N-dealkylation sites (tertiary alicyclic amines) is 1. The predicted molar refractivity (Wildman–Crippen MR) is 86.6 cm³/mol. The topological polar surface area (TPSA) is 89.9 Å². The molecular weight excluding hydrogens is 343 g/mol. The molecule has 2 rings (SSSR count). The van der Waals surface area contributed by atoms with Gasteiger partial charge < -0.3 is 20.4 Å². The van der Waals surface area contributed by atoms with Crippen molar-refractivity contribution in [2.45, 2.75) is 12.5 Å². The van der Waals surface area contributed by atoms with Crippen molar-refractivity contribution >= 4 is 35.0 Å². The van der Waals surface area contributed by atoms with Crippen molar-refractivity contribution in [1.29, 1.82) is 0 Å². The Morgan fingerprint density at radius 1 is 1.35 bits per heavy atom. The molecule has 1 aromatic rings. The molecule has 0 aliphatic carbocycles. The fourth-order valence-electron chi connectivity index (χ4n) is 2.46. The lowest BCUT2D eigenvalue weighted by atomic mass is 9.95. The zero-order chi connectivity index (χ0) is 17.0. The van der Waals surface area contributed by atoms with Crippen LogP contribution >= 0.6 is 23.2 Å². The molecule has 0 spiro atoms. The molecule has 1 aliphatic rings. The van der Waals surface area contributed by atoms with Gasteiger partial charge in [0.05, 0.1) is 29.8 Å². The van der Waals surface area contributed by atoms with Gasteiger partial charge in [-0.15, -0.1) is 0 Å². The smallest absolute Gasteiger partial charge is 0.253 e. The molecule has 1 aromatic carbocycles. The van der Waals surface area contributed by atoms with Gasteiger partial charge in [-0.3, -0.25) is 9.59 Å². The highest BCUT2D eigenvalue weighted by Crippen LogP contribution is 2.20. The number of carbonyl (C=O) groups excluding carboxylic acids is 2. The molecule has 1 fully saturated rings. The zero-order valence-corrected chi connectivity index (χ0v) is 13.8. The number of hydrogen-bond donors (Lipinski definition) is 3. The van der Waals surface area contributed by atoms with Gasteiger partial charge in [-0.1, -0.05) is 23.2 Å². The van der Waals surface area contributed by atoms with Crippen LogP contribution in [0.3, 0.4) is 0 Å². The number of nitrogens with one attached hydrogen (secondary N) is 1. The Labute approximate surface area is 144 Å². The molecule has 0 bridgehead atoms. The Hall–Kier alpha value is -1.34. The van der Waals surface area contributed by atoms with E-state index in [2.05, 4.69) is 5.32 Å². The summed E-state index contributed by atoms with van der Waals surface area (Å²) in [7, 11) is 0. The monoisotopic (exact) mass is 360 g/mol. The van der Waals surface area contributed by atoms with E-state index in [0.29, 0.717) is 18.0 Å². The van der Waals surface area contributed by atoms with Gasteiger partial charge in [0.25, 0.3) is 5.91 Å². The summed E-state index contributed by atoms with van der Waals surface area (Å²) in [5.74, 6) is -1.12. The van der Waals surface area contributed by atoms with Gasteiger partial charge in [0, 0.05) is 24.0 Å². The second-order valence-corrected chi connectivity index (χ2v) is 6.29. The minimum atomic E-state index is -0.607. The van der Waals surface area contributed by atoms with Crippen LogP contribution in [0.5, 0.6) is 0 Å². The summed E-state index contributed by atoms with van der Waals surface area (Å²) < 4.78 is 0. The number of aliphatic hydroxyl groups excluding tert-OH is 2. The number of aliphatic hydroxyl groups is 2. The number of halogens is 2. The molecule has 23 heavy (non-hydrogen) atoms. The molecule has 1 saturated heterocycles. The second kappa shape index (κ2) is 7.97. The summed E-state index contributed by atoms with van der Waals surface area (Å²) in [5, 5.41) is 22.0. The number of hydrogen-bond acceptors (Lipinski definition) is 4. The first-order chi connectivity index (χ1) is 10.9. The SMILES string of the molecule is O=C(NCC(=O)N1CC[C@H](O)[C@H](CO)C1)c1cc(Cl)ccc1Cl. The maximum absolute atomic E-state index is 12.1. The van der Waals surface area contributed by atoms with Crippen LogP contribution < -0.4 is 5.32 Å².